The van der Waals surface area contributed by atoms with Crippen LogP contribution in [0, 0.1) is 0 Å². The molecule has 1 rings (SSSR count). The fourth-order valence-corrected chi connectivity index (χ4v) is 1.11. The Bertz CT molecular complexity index is 371. The minimum atomic E-state index is -1.47. The Morgan fingerprint density at radius 2 is 2.00 bits per heavy atom. The molecule has 0 bridgehead atoms. The Hall–Kier alpha value is -1.84. The van der Waals surface area contributed by atoms with Crippen LogP contribution in [0.2, 0.25) is 0 Å². The molecule has 0 spiro atoms. The van der Waals surface area contributed by atoms with E-state index in [0.717, 1.165) is 6.42 Å². The molecule has 0 aliphatic carbocycles. The number of aliphatic carboxylic acids is 1. The molecule has 0 unspecified atom stereocenters. The summed E-state index contributed by atoms with van der Waals surface area (Å²) in [6, 6.07) is 6.34. The second-order valence-electron chi connectivity index (χ2n) is 2.98. The molecule has 0 saturated carbocycles. The van der Waals surface area contributed by atoms with Gasteiger partial charge in [0.05, 0.1) is 12.2 Å². The summed E-state index contributed by atoms with van der Waals surface area (Å²) in [5.41, 5.74) is 0.0958. The summed E-state index contributed by atoms with van der Waals surface area (Å²) in [4.78, 5) is 21.8. The van der Waals surface area contributed by atoms with Gasteiger partial charge in [0.2, 0.25) is 0 Å². The Morgan fingerprint density at radius 1 is 1.33 bits per heavy atom. The van der Waals surface area contributed by atoms with Crippen LogP contribution in [-0.4, -0.2) is 23.5 Å². The quantitative estimate of drug-likeness (QED) is 0.591. The van der Waals surface area contributed by atoms with Crippen LogP contribution >= 0.6 is 0 Å². The first-order valence-corrected chi connectivity index (χ1v) is 4.66. The van der Waals surface area contributed by atoms with Crippen molar-refractivity contribution in [3.8, 4) is 5.75 Å². The Morgan fingerprint density at radius 3 is 2.60 bits per heavy atom. The molecule has 0 radical (unpaired) electrons. The monoisotopic (exact) mass is 208 g/mol. The summed E-state index contributed by atoms with van der Waals surface area (Å²) in [5, 5.41) is 8.58. The van der Waals surface area contributed by atoms with Crippen LogP contribution in [0.15, 0.2) is 24.3 Å². The molecule has 4 heteroatoms. The van der Waals surface area contributed by atoms with E-state index < -0.39 is 11.8 Å². The van der Waals surface area contributed by atoms with Crippen molar-refractivity contribution in [3.63, 3.8) is 0 Å². The summed E-state index contributed by atoms with van der Waals surface area (Å²) in [7, 11) is 0. The third-order valence-corrected chi connectivity index (χ3v) is 1.79. The number of ether oxygens (including phenoxy) is 1. The van der Waals surface area contributed by atoms with Gasteiger partial charge in [-0.1, -0.05) is 19.1 Å². The molecule has 80 valence electrons. The third-order valence-electron chi connectivity index (χ3n) is 1.79. The van der Waals surface area contributed by atoms with E-state index in [9.17, 15) is 9.59 Å². The van der Waals surface area contributed by atoms with Crippen molar-refractivity contribution in [2.24, 2.45) is 0 Å². The van der Waals surface area contributed by atoms with Gasteiger partial charge in [0, 0.05) is 0 Å². The highest BCUT2D eigenvalue weighted by molar-refractivity contribution is 6.40. The Labute approximate surface area is 87.5 Å². The molecular formula is C11H12O4. The first-order chi connectivity index (χ1) is 7.16. The van der Waals surface area contributed by atoms with E-state index in [1.54, 1.807) is 18.2 Å². The molecule has 0 aromatic heterocycles. The smallest absolute Gasteiger partial charge is 0.377 e. The lowest BCUT2D eigenvalue weighted by Crippen LogP contribution is -2.14. The SMILES string of the molecule is CCCOc1ccccc1C(=O)C(=O)O. The fraction of sp³-hybridized carbons (Fsp3) is 0.273. The van der Waals surface area contributed by atoms with Gasteiger partial charge >= 0.3 is 5.97 Å². The van der Waals surface area contributed by atoms with Crippen molar-refractivity contribution in [3.05, 3.63) is 29.8 Å². The van der Waals surface area contributed by atoms with Crippen LogP contribution in [0.1, 0.15) is 23.7 Å². The van der Waals surface area contributed by atoms with E-state index >= 15 is 0 Å². The van der Waals surface area contributed by atoms with Crippen molar-refractivity contribution in [2.75, 3.05) is 6.61 Å². The third kappa shape index (κ3) is 2.80. The average molecular weight is 208 g/mol. The van der Waals surface area contributed by atoms with Gasteiger partial charge in [0.25, 0.3) is 5.78 Å². The second-order valence-corrected chi connectivity index (χ2v) is 2.98. The highest BCUT2D eigenvalue weighted by Gasteiger charge is 2.18. The first kappa shape index (κ1) is 11.2. The minimum absolute atomic E-state index is 0.0958. The first-order valence-electron chi connectivity index (χ1n) is 4.66. The predicted molar refractivity (Wildman–Crippen MR) is 54.2 cm³/mol. The Kier molecular flexibility index (Phi) is 3.85. The Balaban J connectivity index is 2.95. The molecule has 0 saturated heterocycles. The molecule has 0 amide bonds. The lowest BCUT2D eigenvalue weighted by atomic mass is 10.1. The van der Waals surface area contributed by atoms with Gasteiger partial charge in [-0.25, -0.2) is 4.79 Å². The van der Waals surface area contributed by atoms with E-state index in [-0.39, 0.29) is 5.56 Å². The lowest BCUT2D eigenvalue weighted by molar-refractivity contribution is -0.131. The van der Waals surface area contributed by atoms with Gasteiger partial charge in [-0.05, 0) is 18.6 Å². The largest absolute Gasteiger partial charge is 0.493 e. The number of rotatable bonds is 5. The van der Waals surface area contributed by atoms with Crippen LogP contribution in [-0.2, 0) is 4.79 Å². The van der Waals surface area contributed by atoms with Gasteiger partial charge in [0.1, 0.15) is 5.75 Å². The van der Waals surface area contributed by atoms with E-state index in [2.05, 4.69) is 0 Å². The maximum atomic E-state index is 11.2. The zero-order valence-electron chi connectivity index (χ0n) is 8.40. The van der Waals surface area contributed by atoms with Crippen LogP contribution in [0.3, 0.4) is 0 Å². The summed E-state index contributed by atoms with van der Waals surface area (Å²) in [6.45, 7) is 2.39. The standard InChI is InChI=1S/C11H12O4/c1-2-7-15-9-6-4-3-5-8(9)10(12)11(13)14/h3-6H,2,7H2,1H3,(H,13,14). The van der Waals surface area contributed by atoms with E-state index in [1.807, 2.05) is 6.92 Å². The predicted octanol–water partition coefficient (Wildman–Crippen LogP) is 1.74. The maximum absolute atomic E-state index is 11.2. The van der Waals surface area contributed by atoms with Gasteiger partial charge in [0.15, 0.2) is 0 Å². The van der Waals surface area contributed by atoms with E-state index in [0.29, 0.717) is 12.4 Å². The molecule has 1 aromatic rings. The molecule has 15 heavy (non-hydrogen) atoms. The minimum Gasteiger partial charge on any atom is -0.493 e. The molecule has 0 atom stereocenters. The number of para-hydroxylation sites is 1. The van der Waals surface area contributed by atoms with Crippen LogP contribution < -0.4 is 4.74 Å². The number of carbonyl (C=O) groups excluding carboxylic acids is 1. The van der Waals surface area contributed by atoms with Crippen molar-refractivity contribution in [1.29, 1.82) is 0 Å². The van der Waals surface area contributed by atoms with Crippen molar-refractivity contribution >= 4 is 11.8 Å². The highest BCUT2D eigenvalue weighted by atomic mass is 16.5. The molecule has 4 nitrogen and oxygen atoms in total. The number of ketones is 1. The van der Waals surface area contributed by atoms with Crippen LogP contribution in [0.4, 0.5) is 0 Å². The van der Waals surface area contributed by atoms with E-state index in [1.165, 1.54) is 6.07 Å². The number of carbonyl (C=O) groups is 2. The normalized spacial score (nSPS) is 9.67. The molecule has 0 aliphatic rings. The van der Waals surface area contributed by atoms with Crippen molar-refractivity contribution in [2.45, 2.75) is 13.3 Å². The van der Waals surface area contributed by atoms with Crippen molar-refractivity contribution < 1.29 is 19.4 Å². The number of benzene rings is 1. The molecule has 0 aliphatic heterocycles. The molecule has 0 fully saturated rings. The fourth-order valence-electron chi connectivity index (χ4n) is 1.11. The molecule has 1 N–H and O–H groups in total. The van der Waals surface area contributed by atoms with E-state index in [4.69, 9.17) is 9.84 Å². The zero-order chi connectivity index (χ0) is 11.3. The van der Waals surface area contributed by atoms with Crippen molar-refractivity contribution in [1.82, 2.24) is 0 Å². The molecule has 1 aromatic carbocycles. The van der Waals surface area contributed by atoms with Crippen LogP contribution in [0.25, 0.3) is 0 Å². The average Bonchev–Trinajstić information content (AvgIpc) is 2.25. The van der Waals surface area contributed by atoms with Crippen LogP contribution in [0.5, 0.6) is 5.75 Å². The number of carboxylic acids is 1. The van der Waals surface area contributed by atoms with Gasteiger partial charge in [-0.3, -0.25) is 4.79 Å². The number of hydrogen-bond acceptors (Lipinski definition) is 3. The number of Topliss-reactive ketones (excluding diaryl/α,β-unsaturated/α-hetero) is 1. The zero-order valence-corrected chi connectivity index (χ0v) is 8.40. The van der Waals surface area contributed by atoms with Gasteiger partial charge < -0.3 is 9.84 Å². The highest BCUT2D eigenvalue weighted by Crippen LogP contribution is 2.18. The second kappa shape index (κ2) is 5.14. The molecule has 0 heterocycles. The van der Waals surface area contributed by atoms with Gasteiger partial charge in [-0.15, -0.1) is 0 Å². The summed E-state index contributed by atoms with van der Waals surface area (Å²) in [6.07, 6.45) is 0.801. The number of carboxylic acid groups (broad SMARTS) is 1. The maximum Gasteiger partial charge on any atom is 0.377 e. The summed E-state index contributed by atoms with van der Waals surface area (Å²) >= 11 is 0. The lowest BCUT2D eigenvalue weighted by Gasteiger charge is -2.07. The number of hydrogen-bond donors (Lipinski definition) is 1. The topological polar surface area (TPSA) is 63.6 Å². The summed E-state index contributed by atoms with van der Waals surface area (Å²) in [5.74, 6) is -2.09. The molecular weight excluding hydrogens is 196 g/mol. The summed E-state index contributed by atoms with van der Waals surface area (Å²) < 4.78 is 5.27. The van der Waals surface area contributed by atoms with Gasteiger partial charge in [-0.2, -0.15) is 0 Å².